The van der Waals surface area contributed by atoms with Crippen molar-refractivity contribution in [1.82, 2.24) is 10.6 Å². The third-order valence-electron chi connectivity index (χ3n) is 4.14. The van der Waals surface area contributed by atoms with E-state index in [0.29, 0.717) is 29.7 Å². The fourth-order valence-electron chi connectivity index (χ4n) is 2.69. The number of amidine groups is 1. The zero-order chi connectivity index (χ0) is 22.3. The van der Waals surface area contributed by atoms with Gasteiger partial charge in [-0.2, -0.15) is 0 Å². The molecule has 0 saturated carbocycles. The fourth-order valence-corrected chi connectivity index (χ4v) is 3.48. The molecule has 164 valence electrons. The number of aliphatic imine (C=N–C) groups is 2. The van der Waals surface area contributed by atoms with Crippen molar-refractivity contribution < 1.29 is 5.11 Å². The van der Waals surface area contributed by atoms with Gasteiger partial charge < -0.3 is 21.1 Å². The molecule has 1 aromatic rings. The highest BCUT2D eigenvalue weighted by Gasteiger charge is 2.07. The number of hydrogen-bond acceptors (Lipinski definition) is 6. The molecule has 0 amide bonds. The molecule has 0 unspecified atom stereocenters. The van der Waals surface area contributed by atoms with E-state index in [1.54, 1.807) is 12.4 Å². The summed E-state index contributed by atoms with van der Waals surface area (Å²) < 4.78 is 0. The molecule has 0 radical (unpaired) electrons. The minimum atomic E-state index is 0.186. The van der Waals surface area contributed by atoms with Gasteiger partial charge in [-0.3, -0.25) is 4.99 Å². The summed E-state index contributed by atoms with van der Waals surface area (Å²) in [5.74, 6) is 0.526. The van der Waals surface area contributed by atoms with Gasteiger partial charge in [0.1, 0.15) is 5.82 Å². The molecule has 6 nitrogen and oxygen atoms in total. The SMILES string of the molecule is C=C1/C=C(C)\C=C/C/N=C(/NC(=C/C(=N)Cc2ccccc2)/N=C/NCCCCO)S1. The van der Waals surface area contributed by atoms with Crippen LogP contribution in [0, 0.1) is 5.41 Å². The van der Waals surface area contributed by atoms with Crippen LogP contribution in [0.3, 0.4) is 0 Å². The largest absolute Gasteiger partial charge is 0.396 e. The lowest BCUT2D eigenvalue weighted by molar-refractivity contribution is 0.285. The molecule has 0 aromatic heterocycles. The van der Waals surface area contributed by atoms with E-state index in [4.69, 9.17) is 10.5 Å². The zero-order valence-corrected chi connectivity index (χ0v) is 18.8. The highest BCUT2D eigenvalue weighted by molar-refractivity contribution is 8.17. The third kappa shape index (κ3) is 10.6. The van der Waals surface area contributed by atoms with Gasteiger partial charge in [-0.25, -0.2) is 4.99 Å². The van der Waals surface area contributed by atoms with Gasteiger partial charge in [-0.1, -0.05) is 66.4 Å². The van der Waals surface area contributed by atoms with Crippen LogP contribution >= 0.6 is 11.8 Å². The predicted molar refractivity (Wildman–Crippen MR) is 134 cm³/mol. The first kappa shape index (κ1) is 24.4. The molecular weight excluding hydrogens is 406 g/mol. The van der Waals surface area contributed by atoms with E-state index < -0.39 is 0 Å². The van der Waals surface area contributed by atoms with Gasteiger partial charge in [0.25, 0.3) is 0 Å². The average molecular weight is 438 g/mol. The highest BCUT2D eigenvalue weighted by atomic mass is 32.2. The first-order chi connectivity index (χ1) is 15.1. The second-order valence-electron chi connectivity index (χ2n) is 6.99. The standard InChI is InChI=1S/C24H31N5OS/c1-19-9-8-13-27-24(31-20(2)15-19)29-23(28-18-26-12-6-7-14-30)17-22(25)16-21-10-4-3-5-11-21/h3-5,8-11,15,17-18,25,30H,2,6-7,12-14,16H2,1H3,(H,26,28)(H,27,29)/b9-8-,19-15-,23-17+,25-22?. The van der Waals surface area contributed by atoms with E-state index >= 15 is 0 Å². The maximum absolute atomic E-state index is 8.88. The first-order valence-electron chi connectivity index (χ1n) is 10.3. The van der Waals surface area contributed by atoms with Crippen molar-refractivity contribution in [2.45, 2.75) is 26.2 Å². The quantitative estimate of drug-likeness (QED) is 0.251. The second kappa shape index (κ2) is 14.2. The zero-order valence-electron chi connectivity index (χ0n) is 18.0. The molecule has 31 heavy (non-hydrogen) atoms. The molecule has 1 aromatic carbocycles. The number of nitrogens with zero attached hydrogens (tertiary/aromatic N) is 2. The van der Waals surface area contributed by atoms with E-state index in [9.17, 15) is 0 Å². The molecule has 0 atom stereocenters. The van der Waals surface area contributed by atoms with Crippen LogP contribution in [0.2, 0.25) is 0 Å². The summed E-state index contributed by atoms with van der Waals surface area (Å²) in [6.45, 7) is 7.57. The summed E-state index contributed by atoms with van der Waals surface area (Å²) >= 11 is 1.44. The molecule has 1 aliphatic heterocycles. The van der Waals surface area contributed by atoms with Crippen molar-refractivity contribution in [3.05, 3.63) is 83.1 Å². The molecule has 0 aliphatic carbocycles. The lowest BCUT2D eigenvalue weighted by Gasteiger charge is -2.11. The van der Waals surface area contributed by atoms with Crippen molar-refractivity contribution in [3.63, 3.8) is 0 Å². The van der Waals surface area contributed by atoms with Crippen molar-refractivity contribution in [3.8, 4) is 0 Å². The molecule has 0 saturated heterocycles. The summed E-state index contributed by atoms with van der Waals surface area (Å²) in [5, 5.41) is 24.3. The molecule has 0 fully saturated rings. The van der Waals surface area contributed by atoms with Gasteiger partial charge in [0, 0.05) is 36.3 Å². The van der Waals surface area contributed by atoms with E-state index in [1.807, 2.05) is 55.5 Å². The predicted octanol–water partition coefficient (Wildman–Crippen LogP) is 4.19. The summed E-state index contributed by atoms with van der Waals surface area (Å²) in [6, 6.07) is 9.91. The lowest BCUT2D eigenvalue weighted by Crippen LogP contribution is -2.22. The maximum atomic E-state index is 8.88. The second-order valence-corrected chi connectivity index (χ2v) is 8.11. The van der Waals surface area contributed by atoms with Crippen LogP contribution < -0.4 is 10.6 Å². The number of unbranched alkanes of at least 4 members (excludes halogenated alkanes) is 1. The number of allylic oxidation sites excluding steroid dienone is 4. The monoisotopic (exact) mass is 437 g/mol. The van der Waals surface area contributed by atoms with Crippen LogP contribution in [0.25, 0.3) is 0 Å². The van der Waals surface area contributed by atoms with Crippen molar-refractivity contribution in [1.29, 1.82) is 5.41 Å². The summed E-state index contributed by atoms with van der Waals surface area (Å²) in [5.41, 5.74) is 2.64. The van der Waals surface area contributed by atoms with Crippen LogP contribution in [-0.4, -0.2) is 42.0 Å². The minimum Gasteiger partial charge on any atom is -0.396 e. The molecule has 7 heteroatoms. The molecule has 0 bridgehead atoms. The number of benzene rings is 1. The molecule has 1 heterocycles. The highest BCUT2D eigenvalue weighted by Crippen LogP contribution is 2.20. The Balaban J connectivity index is 2.12. The molecule has 2 rings (SSSR count). The number of nitrogens with one attached hydrogen (secondary N) is 3. The number of aliphatic hydroxyl groups is 1. The van der Waals surface area contributed by atoms with E-state index in [-0.39, 0.29) is 6.61 Å². The average Bonchev–Trinajstić information content (AvgIpc) is 2.81. The Morgan fingerprint density at radius 3 is 2.90 bits per heavy atom. The van der Waals surface area contributed by atoms with Gasteiger partial charge in [0.2, 0.25) is 0 Å². The number of hydrogen-bond donors (Lipinski definition) is 4. The first-order valence-corrected chi connectivity index (χ1v) is 11.1. The van der Waals surface area contributed by atoms with Gasteiger partial charge in [-0.15, -0.1) is 0 Å². The Morgan fingerprint density at radius 2 is 2.13 bits per heavy atom. The molecule has 4 N–H and O–H groups in total. The summed E-state index contributed by atoms with van der Waals surface area (Å²) in [6.07, 6.45) is 11.5. The van der Waals surface area contributed by atoms with E-state index in [0.717, 1.165) is 35.4 Å². The number of aliphatic hydroxyl groups excluding tert-OH is 1. The van der Waals surface area contributed by atoms with Crippen LogP contribution in [0.1, 0.15) is 25.3 Å². The number of thioether (sulfide) groups is 1. The molecule has 1 aliphatic rings. The van der Waals surface area contributed by atoms with Crippen molar-refractivity contribution in [2.24, 2.45) is 9.98 Å². The smallest absolute Gasteiger partial charge is 0.167 e. The lowest BCUT2D eigenvalue weighted by atomic mass is 10.1. The Bertz CT molecular complexity index is 884. The van der Waals surface area contributed by atoms with Crippen LogP contribution in [-0.2, 0) is 6.42 Å². The van der Waals surface area contributed by atoms with E-state index in [1.165, 1.54) is 11.8 Å². The van der Waals surface area contributed by atoms with Crippen molar-refractivity contribution >= 4 is 29.0 Å². The number of rotatable bonds is 10. The van der Waals surface area contributed by atoms with Gasteiger partial charge in [0.15, 0.2) is 5.17 Å². The van der Waals surface area contributed by atoms with Crippen LogP contribution in [0.4, 0.5) is 0 Å². The minimum absolute atomic E-state index is 0.186. The fraction of sp³-hybridized carbons (Fsp3) is 0.292. The Hall–Kier alpha value is -2.90. The Labute approximate surface area is 189 Å². The van der Waals surface area contributed by atoms with Gasteiger partial charge in [-0.05, 0) is 31.4 Å². The van der Waals surface area contributed by atoms with Crippen LogP contribution in [0.15, 0.2) is 87.5 Å². The maximum Gasteiger partial charge on any atom is 0.167 e. The van der Waals surface area contributed by atoms with Gasteiger partial charge in [0.05, 0.1) is 12.9 Å². The Morgan fingerprint density at radius 1 is 1.32 bits per heavy atom. The third-order valence-corrected chi connectivity index (χ3v) is 4.95. The van der Waals surface area contributed by atoms with Crippen LogP contribution in [0.5, 0.6) is 0 Å². The Kier molecular flexibility index (Phi) is 11.1. The summed E-state index contributed by atoms with van der Waals surface area (Å²) in [4.78, 5) is 9.92. The van der Waals surface area contributed by atoms with E-state index in [2.05, 4.69) is 27.2 Å². The topological polar surface area (TPSA) is 92.9 Å². The summed E-state index contributed by atoms with van der Waals surface area (Å²) in [7, 11) is 0. The molecule has 0 spiro atoms. The van der Waals surface area contributed by atoms with Crippen molar-refractivity contribution in [2.75, 3.05) is 19.7 Å². The normalized spacial score (nSPS) is 19.4. The molecular formula is C24H31N5OS. The van der Waals surface area contributed by atoms with Gasteiger partial charge >= 0.3 is 0 Å².